The molecule has 0 spiro atoms. The van der Waals surface area contributed by atoms with Gasteiger partial charge >= 0.3 is 0 Å². The molecule has 0 aromatic heterocycles. The summed E-state index contributed by atoms with van der Waals surface area (Å²) in [6.07, 6.45) is 4.79. The van der Waals surface area contributed by atoms with Crippen molar-refractivity contribution in [3.63, 3.8) is 0 Å². The molecule has 2 aliphatic rings. The maximum atomic E-state index is 13.3. The summed E-state index contributed by atoms with van der Waals surface area (Å²) in [6.45, 7) is 2.36. The van der Waals surface area contributed by atoms with E-state index in [1.165, 1.54) is 0 Å². The Morgan fingerprint density at radius 1 is 1.07 bits per heavy atom. The van der Waals surface area contributed by atoms with Crippen LogP contribution in [-0.4, -0.2) is 43.3 Å². The number of nitrogens with zero attached hydrogens (tertiary/aromatic N) is 2. The zero-order valence-electron chi connectivity index (χ0n) is 16.9. The van der Waals surface area contributed by atoms with Crippen LogP contribution in [0.4, 0.5) is 5.69 Å². The number of methoxy groups -OCH3 is 1. The van der Waals surface area contributed by atoms with Crippen LogP contribution < -0.4 is 9.64 Å². The van der Waals surface area contributed by atoms with Crippen molar-refractivity contribution in [3.05, 3.63) is 59.7 Å². The van der Waals surface area contributed by atoms with Gasteiger partial charge in [0.25, 0.3) is 0 Å². The van der Waals surface area contributed by atoms with Gasteiger partial charge in [-0.05, 0) is 56.0 Å². The summed E-state index contributed by atoms with van der Waals surface area (Å²) in [6, 6.07) is 16.0. The molecule has 1 amide bonds. The van der Waals surface area contributed by atoms with Crippen molar-refractivity contribution < 1.29 is 14.3 Å². The van der Waals surface area contributed by atoms with Crippen LogP contribution in [-0.2, 0) is 11.3 Å². The number of anilines is 1. The quantitative estimate of drug-likeness (QED) is 0.670. The van der Waals surface area contributed by atoms with Crippen LogP contribution in [0.15, 0.2) is 48.5 Å². The lowest BCUT2D eigenvalue weighted by molar-refractivity contribution is -0.137. The number of benzene rings is 2. The summed E-state index contributed by atoms with van der Waals surface area (Å²) in [5.41, 5.74) is 2.88. The lowest BCUT2D eigenvalue weighted by Crippen LogP contribution is -2.43. The van der Waals surface area contributed by atoms with Gasteiger partial charge < -0.3 is 14.5 Å². The highest BCUT2D eigenvalue weighted by molar-refractivity contribution is 5.80. The minimum absolute atomic E-state index is 0.0794. The van der Waals surface area contributed by atoms with Gasteiger partial charge in [-0.15, -0.1) is 0 Å². The van der Waals surface area contributed by atoms with E-state index in [9.17, 15) is 9.59 Å². The Kier molecular flexibility index (Phi) is 5.84. The lowest BCUT2D eigenvalue weighted by Gasteiger charge is -2.35. The summed E-state index contributed by atoms with van der Waals surface area (Å²) >= 11 is 0. The molecule has 2 aromatic carbocycles. The third-order valence-corrected chi connectivity index (χ3v) is 6.04. The molecular formula is C24H28N2O3. The van der Waals surface area contributed by atoms with Crippen LogP contribution >= 0.6 is 0 Å². The summed E-state index contributed by atoms with van der Waals surface area (Å²) in [4.78, 5) is 28.6. The van der Waals surface area contributed by atoms with Crippen molar-refractivity contribution >= 4 is 17.9 Å². The molecule has 1 aliphatic heterocycles. The van der Waals surface area contributed by atoms with E-state index < -0.39 is 0 Å². The lowest BCUT2D eigenvalue weighted by atomic mass is 9.94. The maximum Gasteiger partial charge on any atom is 0.226 e. The van der Waals surface area contributed by atoms with Crippen LogP contribution in [0, 0.1) is 5.92 Å². The normalized spacial score (nSPS) is 17.1. The Bertz CT molecular complexity index is 853. The maximum absolute atomic E-state index is 13.3. The molecule has 0 radical (unpaired) electrons. The van der Waals surface area contributed by atoms with Gasteiger partial charge in [0.15, 0.2) is 0 Å². The molecule has 1 saturated heterocycles. The predicted molar refractivity (Wildman–Crippen MR) is 113 cm³/mol. The molecule has 0 bridgehead atoms. The van der Waals surface area contributed by atoms with Gasteiger partial charge in [-0.1, -0.05) is 18.2 Å². The molecule has 0 atom stereocenters. The van der Waals surface area contributed by atoms with Gasteiger partial charge in [-0.2, -0.15) is 0 Å². The summed E-state index contributed by atoms with van der Waals surface area (Å²) in [7, 11) is 1.68. The molecule has 0 unspecified atom stereocenters. The Morgan fingerprint density at radius 2 is 1.76 bits per heavy atom. The Labute approximate surface area is 172 Å². The van der Waals surface area contributed by atoms with Gasteiger partial charge in [-0.25, -0.2) is 0 Å². The fraction of sp³-hybridized carbons (Fsp3) is 0.417. The Hall–Kier alpha value is -2.82. The zero-order chi connectivity index (χ0) is 20.2. The van der Waals surface area contributed by atoms with E-state index in [1.807, 2.05) is 48.5 Å². The second-order valence-corrected chi connectivity index (χ2v) is 7.98. The molecule has 1 aliphatic carbocycles. The third-order valence-electron chi connectivity index (χ3n) is 6.04. The zero-order valence-corrected chi connectivity index (χ0v) is 16.9. The number of para-hydroxylation sites is 1. The molecule has 29 heavy (non-hydrogen) atoms. The third kappa shape index (κ3) is 4.44. The predicted octanol–water partition coefficient (Wildman–Crippen LogP) is 3.92. The topological polar surface area (TPSA) is 49.9 Å². The fourth-order valence-electron chi connectivity index (χ4n) is 4.17. The Morgan fingerprint density at radius 3 is 2.38 bits per heavy atom. The number of hydrogen-bond acceptors (Lipinski definition) is 4. The van der Waals surface area contributed by atoms with E-state index in [2.05, 4.69) is 9.80 Å². The second-order valence-electron chi connectivity index (χ2n) is 7.98. The van der Waals surface area contributed by atoms with Crippen LogP contribution in [0.25, 0.3) is 0 Å². The van der Waals surface area contributed by atoms with Crippen LogP contribution in [0.1, 0.15) is 41.6 Å². The number of carbonyl (C=O) groups is 2. The first kappa shape index (κ1) is 19.5. The fourth-order valence-corrected chi connectivity index (χ4v) is 4.17. The van der Waals surface area contributed by atoms with Crippen LogP contribution in [0.2, 0.25) is 0 Å². The largest absolute Gasteiger partial charge is 0.496 e. The summed E-state index contributed by atoms with van der Waals surface area (Å²) < 4.78 is 5.48. The molecule has 5 nitrogen and oxygen atoms in total. The molecule has 1 heterocycles. The minimum atomic E-state index is 0.0794. The minimum Gasteiger partial charge on any atom is -0.496 e. The number of carbonyl (C=O) groups excluding carboxylic acids is 2. The first-order chi connectivity index (χ1) is 14.2. The molecule has 152 valence electrons. The second kappa shape index (κ2) is 8.68. The van der Waals surface area contributed by atoms with E-state index in [1.54, 1.807) is 7.11 Å². The monoisotopic (exact) mass is 392 g/mol. The van der Waals surface area contributed by atoms with Gasteiger partial charge in [0.05, 0.1) is 7.11 Å². The standard InChI is InChI=1S/C24H28N2O3/c1-29-23-5-3-2-4-20(23)16-26(22-10-11-22)24(28)19-12-14-25(15-13-19)21-8-6-18(17-27)7-9-21/h2-9,17,19,22H,10-16H2,1H3. The molecule has 2 aromatic rings. The van der Waals surface area contributed by atoms with Crippen molar-refractivity contribution in [2.75, 3.05) is 25.1 Å². The number of aldehydes is 1. The van der Waals surface area contributed by atoms with Crippen molar-refractivity contribution in [1.82, 2.24) is 4.90 Å². The van der Waals surface area contributed by atoms with Gasteiger partial charge in [0.2, 0.25) is 5.91 Å². The average Bonchev–Trinajstić information content (AvgIpc) is 3.63. The number of rotatable bonds is 7. The molecule has 5 heteroatoms. The average molecular weight is 392 g/mol. The highest BCUT2D eigenvalue weighted by atomic mass is 16.5. The van der Waals surface area contributed by atoms with E-state index in [-0.39, 0.29) is 11.8 Å². The smallest absolute Gasteiger partial charge is 0.226 e. The summed E-state index contributed by atoms with van der Waals surface area (Å²) in [5.74, 6) is 1.21. The number of amides is 1. The van der Waals surface area contributed by atoms with Crippen molar-refractivity contribution in [1.29, 1.82) is 0 Å². The molecule has 2 fully saturated rings. The van der Waals surface area contributed by atoms with Gasteiger partial charge in [0, 0.05) is 48.4 Å². The van der Waals surface area contributed by atoms with E-state index in [0.717, 1.165) is 62.1 Å². The van der Waals surface area contributed by atoms with Gasteiger partial charge in [-0.3, -0.25) is 9.59 Å². The highest BCUT2D eigenvalue weighted by Crippen LogP contribution is 2.34. The molecule has 0 N–H and O–H groups in total. The molecular weight excluding hydrogens is 364 g/mol. The highest BCUT2D eigenvalue weighted by Gasteiger charge is 2.37. The number of piperidine rings is 1. The molecule has 1 saturated carbocycles. The van der Waals surface area contributed by atoms with Crippen molar-refractivity contribution in [3.8, 4) is 5.75 Å². The van der Waals surface area contributed by atoms with Gasteiger partial charge in [0.1, 0.15) is 12.0 Å². The first-order valence-electron chi connectivity index (χ1n) is 10.4. The van der Waals surface area contributed by atoms with E-state index in [0.29, 0.717) is 18.2 Å². The van der Waals surface area contributed by atoms with Crippen LogP contribution in [0.5, 0.6) is 5.75 Å². The first-order valence-corrected chi connectivity index (χ1v) is 10.4. The SMILES string of the molecule is COc1ccccc1CN(C(=O)C1CCN(c2ccc(C=O)cc2)CC1)C1CC1. The Balaban J connectivity index is 1.40. The molecule has 4 rings (SSSR count). The number of hydrogen-bond donors (Lipinski definition) is 0. The van der Waals surface area contributed by atoms with Crippen LogP contribution in [0.3, 0.4) is 0 Å². The van der Waals surface area contributed by atoms with E-state index >= 15 is 0 Å². The van der Waals surface area contributed by atoms with Crippen molar-refractivity contribution in [2.45, 2.75) is 38.3 Å². The number of ether oxygens (including phenoxy) is 1. The summed E-state index contributed by atoms with van der Waals surface area (Å²) in [5, 5.41) is 0. The van der Waals surface area contributed by atoms with E-state index in [4.69, 9.17) is 4.74 Å². The van der Waals surface area contributed by atoms with Crippen molar-refractivity contribution in [2.24, 2.45) is 5.92 Å².